The van der Waals surface area contributed by atoms with Crippen LogP contribution in [0.1, 0.15) is 68.7 Å². The lowest BCUT2D eigenvalue weighted by Crippen LogP contribution is -2.51. The molecule has 3 heterocycles. The normalized spacial score (nSPS) is 41.3. The van der Waals surface area contributed by atoms with Crippen molar-refractivity contribution in [2.75, 3.05) is 6.61 Å². The average molecular weight is 330 g/mol. The molecule has 1 saturated carbocycles. The van der Waals surface area contributed by atoms with Gasteiger partial charge in [-0.1, -0.05) is 27.2 Å². The molecule has 1 spiro atoms. The first-order chi connectivity index (χ1) is 11.3. The minimum atomic E-state index is -0.503. The molecule has 5 atom stereocenters. The SMILES string of the molecule is CC1COc2c1cc1c(c2O)CC23CCCC(C)(C)C2C(O)C1O3. The first-order valence-corrected chi connectivity index (χ1v) is 9.21. The lowest BCUT2D eigenvalue weighted by molar-refractivity contribution is -0.114. The Morgan fingerprint density at radius 2 is 2.00 bits per heavy atom. The summed E-state index contributed by atoms with van der Waals surface area (Å²) in [5.41, 5.74) is 2.68. The third kappa shape index (κ3) is 1.66. The Bertz CT molecular complexity index is 725. The van der Waals surface area contributed by atoms with E-state index in [9.17, 15) is 10.2 Å². The Hall–Kier alpha value is -1.26. The number of rotatable bonds is 0. The van der Waals surface area contributed by atoms with Gasteiger partial charge in [0.05, 0.1) is 18.3 Å². The smallest absolute Gasteiger partial charge is 0.164 e. The number of phenolic OH excluding ortho intramolecular Hbond substituents is 1. The van der Waals surface area contributed by atoms with E-state index in [4.69, 9.17) is 9.47 Å². The van der Waals surface area contributed by atoms with Crippen LogP contribution in [0.15, 0.2) is 6.07 Å². The van der Waals surface area contributed by atoms with Crippen LogP contribution in [0.3, 0.4) is 0 Å². The minimum Gasteiger partial charge on any atom is -0.504 e. The molecule has 2 bridgehead atoms. The number of aliphatic hydroxyl groups excluding tert-OH is 1. The highest BCUT2D eigenvalue weighted by atomic mass is 16.5. The maximum absolute atomic E-state index is 11.1. The minimum absolute atomic E-state index is 0.0522. The highest BCUT2D eigenvalue weighted by molar-refractivity contribution is 5.60. The summed E-state index contributed by atoms with van der Waals surface area (Å²) in [5, 5.41) is 22.0. The van der Waals surface area contributed by atoms with E-state index in [1.165, 1.54) is 0 Å². The maximum Gasteiger partial charge on any atom is 0.164 e. The number of aromatic hydroxyl groups is 1. The van der Waals surface area contributed by atoms with Crippen molar-refractivity contribution in [3.63, 3.8) is 0 Å². The van der Waals surface area contributed by atoms with Crippen molar-refractivity contribution >= 4 is 0 Å². The van der Waals surface area contributed by atoms with Gasteiger partial charge in [-0.3, -0.25) is 0 Å². The first-order valence-electron chi connectivity index (χ1n) is 9.21. The van der Waals surface area contributed by atoms with Crippen molar-refractivity contribution in [1.29, 1.82) is 0 Å². The summed E-state index contributed by atoms with van der Waals surface area (Å²) in [6, 6.07) is 2.12. The number of phenols is 1. The zero-order valence-electron chi connectivity index (χ0n) is 14.6. The number of benzene rings is 1. The second-order valence-corrected chi connectivity index (χ2v) is 9.01. The van der Waals surface area contributed by atoms with Crippen molar-refractivity contribution in [2.45, 2.75) is 70.2 Å². The van der Waals surface area contributed by atoms with E-state index in [0.717, 1.165) is 36.0 Å². The molecule has 1 aromatic rings. The third-order valence-electron chi connectivity index (χ3n) is 7.06. The Kier molecular flexibility index (Phi) is 2.80. The fraction of sp³-hybridized carbons (Fsp3) is 0.700. The van der Waals surface area contributed by atoms with Crippen LogP contribution < -0.4 is 4.74 Å². The van der Waals surface area contributed by atoms with Gasteiger partial charge >= 0.3 is 0 Å². The predicted octanol–water partition coefficient (Wildman–Crippen LogP) is 3.44. The standard InChI is InChI=1S/C20H26O4/c1-10-9-23-16-11(10)7-12-13(14(16)21)8-20-6-4-5-19(2,3)18(20)15(22)17(12)24-20/h7,10,15,17-18,21-22H,4-6,8-9H2,1-3H3. The van der Waals surface area contributed by atoms with E-state index in [1.54, 1.807) is 0 Å². The molecule has 3 aliphatic heterocycles. The van der Waals surface area contributed by atoms with Gasteiger partial charge in [0.2, 0.25) is 0 Å². The third-order valence-corrected chi connectivity index (χ3v) is 7.06. The fourth-order valence-electron chi connectivity index (χ4n) is 6.04. The van der Waals surface area contributed by atoms with E-state index in [2.05, 4.69) is 26.8 Å². The first kappa shape index (κ1) is 15.0. The van der Waals surface area contributed by atoms with Gasteiger partial charge < -0.3 is 19.7 Å². The highest BCUT2D eigenvalue weighted by Crippen LogP contribution is 2.63. The van der Waals surface area contributed by atoms with Crippen molar-refractivity contribution < 1.29 is 19.7 Å². The molecule has 2 fully saturated rings. The molecule has 1 saturated heterocycles. The highest BCUT2D eigenvalue weighted by Gasteiger charge is 2.64. The molecule has 0 radical (unpaired) electrons. The van der Waals surface area contributed by atoms with Crippen molar-refractivity contribution in [3.05, 3.63) is 22.8 Å². The van der Waals surface area contributed by atoms with E-state index in [0.29, 0.717) is 18.8 Å². The summed E-state index contributed by atoms with van der Waals surface area (Å²) in [4.78, 5) is 0. The van der Waals surface area contributed by atoms with Gasteiger partial charge in [-0.25, -0.2) is 0 Å². The van der Waals surface area contributed by atoms with Crippen LogP contribution in [0.5, 0.6) is 11.5 Å². The number of aliphatic hydroxyl groups is 1. The summed E-state index contributed by atoms with van der Waals surface area (Å²) >= 11 is 0. The zero-order valence-corrected chi connectivity index (χ0v) is 14.6. The van der Waals surface area contributed by atoms with Crippen LogP contribution in [0.2, 0.25) is 0 Å². The number of fused-ring (bicyclic) bond motifs is 4. The summed E-state index contributed by atoms with van der Waals surface area (Å²) in [7, 11) is 0. The van der Waals surface area contributed by atoms with E-state index >= 15 is 0 Å². The van der Waals surface area contributed by atoms with Gasteiger partial charge in [0.25, 0.3) is 0 Å². The van der Waals surface area contributed by atoms with Gasteiger partial charge in [0.1, 0.15) is 6.10 Å². The summed E-state index contributed by atoms with van der Waals surface area (Å²) in [5.74, 6) is 1.32. The quantitative estimate of drug-likeness (QED) is 0.765. The molecular weight excluding hydrogens is 304 g/mol. The number of ether oxygens (including phenoxy) is 2. The molecule has 130 valence electrons. The van der Waals surface area contributed by atoms with Crippen LogP contribution >= 0.6 is 0 Å². The van der Waals surface area contributed by atoms with Gasteiger partial charge in [-0.05, 0) is 29.9 Å². The number of hydrogen-bond donors (Lipinski definition) is 2. The van der Waals surface area contributed by atoms with Gasteiger partial charge in [-0.2, -0.15) is 0 Å². The predicted molar refractivity (Wildman–Crippen MR) is 89.4 cm³/mol. The van der Waals surface area contributed by atoms with E-state index in [1.807, 2.05) is 0 Å². The van der Waals surface area contributed by atoms with E-state index < -0.39 is 6.10 Å². The topological polar surface area (TPSA) is 58.9 Å². The van der Waals surface area contributed by atoms with Crippen molar-refractivity contribution in [3.8, 4) is 11.5 Å². The largest absolute Gasteiger partial charge is 0.504 e. The molecule has 0 amide bonds. The van der Waals surface area contributed by atoms with Crippen molar-refractivity contribution in [1.82, 2.24) is 0 Å². The van der Waals surface area contributed by atoms with Gasteiger partial charge in [0.15, 0.2) is 11.5 Å². The van der Waals surface area contributed by atoms with Crippen molar-refractivity contribution in [2.24, 2.45) is 11.3 Å². The number of hydrogen-bond acceptors (Lipinski definition) is 4. The molecule has 5 unspecified atom stereocenters. The Morgan fingerprint density at radius 1 is 1.21 bits per heavy atom. The van der Waals surface area contributed by atoms with Gasteiger partial charge in [-0.15, -0.1) is 0 Å². The molecule has 1 aromatic carbocycles. The molecule has 24 heavy (non-hydrogen) atoms. The lowest BCUT2D eigenvalue weighted by Gasteiger charge is -2.49. The van der Waals surface area contributed by atoms with Crippen LogP contribution in [-0.2, 0) is 11.2 Å². The van der Waals surface area contributed by atoms with Crippen LogP contribution in [0.25, 0.3) is 0 Å². The van der Waals surface area contributed by atoms with E-state index in [-0.39, 0.29) is 34.7 Å². The molecular formula is C20H26O4. The molecule has 1 aliphatic carbocycles. The fourth-order valence-corrected chi connectivity index (χ4v) is 6.04. The second-order valence-electron chi connectivity index (χ2n) is 9.01. The molecule has 4 aliphatic rings. The monoisotopic (exact) mass is 330 g/mol. The second kappa shape index (κ2) is 4.47. The Balaban J connectivity index is 1.70. The zero-order chi connectivity index (χ0) is 16.9. The molecule has 4 nitrogen and oxygen atoms in total. The molecule has 2 N–H and O–H groups in total. The van der Waals surface area contributed by atoms with Gasteiger partial charge in [0, 0.05) is 29.4 Å². The Morgan fingerprint density at radius 3 is 2.79 bits per heavy atom. The molecule has 5 rings (SSSR count). The Labute approximate surface area is 142 Å². The lowest BCUT2D eigenvalue weighted by atomic mass is 9.59. The maximum atomic E-state index is 11.1. The summed E-state index contributed by atoms with van der Waals surface area (Å²) < 4.78 is 12.3. The summed E-state index contributed by atoms with van der Waals surface area (Å²) in [6.45, 7) is 7.22. The molecule has 4 heteroatoms. The summed E-state index contributed by atoms with van der Waals surface area (Å²) in [6.07, 6.45) is 3.04. The van der Waals surface area contributed by atoms with Crippen LogP contribution in [0.4, 0.5) is 0 Å². The molecule has 0 aromatic heterocycles. The average Bonchev–Trinajstić information content (AvgIpc) is 2.99. The van der Waals surface area contributed by atoms with Crippen LogP contribution in [0, 0.1) is 11.3 Å². The van der Waals surface area contributed by atoms with Crippen LogP contribution in [-0.4, -0.2) is 28.5 Å².